The van der Waals surface area contributed by atoms with E-state index in [0.29, 0.717) is 5.92 Å². The molecule has 0 saturated carbocycles. The van der Waals surface area contributed by atoms with Crippen molar-refractivity contribution in [1.82, 2.24) is 4.98 Å². The fourth-order valence-electron chi connectivity index (χ4n) is 4.23. The van der Waals surface area contributed by atoms with E-state index in [1.54, 1.807) is 0 Å². The van der Waals surface area contributed by atoms with Gasteiger partial charge in [0.05, 0.1) is 0 Å². The van der Waals surface area contributed by atoms with Crippen LogP contribution >= 0.6 is 0 Å². The number of aromatic nitrogens is 2. The SMILES string of the molecule is Cc1cc(C)c(C)c(-c2cc3ccc(-c4ccc(CC(C)C)nc4)cc3c[n+]2C)c1. The zero-order valence-corrected chi connectivity index (χ0v) is 19.0. The van der Waals surface area contributed by atoms with Crippen LogP contribution in [0.2, 0.25) is 0 Å². The first-order valence-electron chi connectivity index (χ1n) is 10.8. The van der Waals surface area contributed by atoms with Crippen molar-refractivity contribution >= 4 is 10.8 Å². The molecular formula is C28H31N2+. The Morgan fingerprint density at radius 2 is 1.63 bits per heavy atom. The summed E-state index contributed by atoms with van der Waals surface area (Å²) in [5.74, 6) is 0.624. The lowest BCUT2D eigenvalue weighted by Gasteiger charge is -2.11. The summed E-state index contributed by atoms with van der Waals surface area (Å²) in [7, 11) is 2.14. The lowest BCUT2D eigenvalue weighted by Crippen LogP contribution is -2.30. The molecule has 2 aromatic heterocycles. The molecule has 0 saturated heterocycles. The zero-order valence-electron chi connectivity index (χ0n) is 19.0. The van der Waals surface area contributed by atoms with Crippen LogP contribution in [0, 0.1) is 26.7 Å². The van der Waals surface area contributed by atoms with Gasteiger partial charge in [0.25, 0.3) is 0 Å². The minimum absolute atomic E-state index is 0.624. The third kappa shape index (κ3) is 4.00. The predicted molar refractivity (Wildman–Crippen MR) is 127 cm³/mol. The van der Waals surface area contributed by atoms with Crippen molar-refractivity contribution in [3.05, 3.63) is 83.3 Å². The van der Waals surface area contributed by atoms with Gasteiger partial charge in [-0.1, -0.05) is 43.7 Å². The van der Waals surface area contributed by atoms with Crippen molar-refractivity contribution in [2.75, 3.05) is 0 Å². The fourth-order valence-corrected chi connectivity index (χ4v) is 4.23. The molecule has 0 atom stereocenters. The summed E-state index contributed by atoms with van der Waals surface area (Å²) in [5.41, 5.74) is 10.1. The van der Waals surface area contributed by atoms with Crippen LogP contribution in [0.4, 0.5) is 0 Å². The second-order valence-electron chi connectivity index (χ2n) is 9.00. The molecule has 2 nitrogen and oxygen atoms in total. The Hall–Kier alpha value is -3.00. The first-order chi connectivity index (χ1) is 14.3. The van der Waals surface area contributed by atoms with Gasteiger partial charge in [0.15, 0.2) is 6.20 Å². The molecule has 2 heteroatoms. The molecule has 0 aliphatic rings. The molecule has 0 aliphatic carbocycles. The summed E-state index contributed by atoms with van der Waals surface area (Å²) < 4.78 is 2.25. The third-order valence-corrected chi connectivity index (χ3v) is 5.95. The van der Waals surface area contributed by atoms with Crippen LogP contribution in [0.15, 0.2) is 60.9 Å². The van der Waals surface area contributed by atoms with Crippen molar-refractivity contribution in [3.8, 4) is 22.4 Å². The van der Waals surface area contributed by atoms with Gasteiger partial charge in [-0.3, -0.25) is 4.98 Å². The van der Waals surface area contributed by atoms with Gasteiger partial charge in [-0.25, -0.2) is 4.57 Å². The number of hydrogen-bond donors (Lipinski definition) is 0. The van der Waals surface area contributed by atoms with Crippen LogP contribution < -0.4 is 4.57 Å². The van der Waals surface area contributed by atoms with Gasteiger partial charge in [0.2, 0.25) is 5.69 Å². The Kier molecular flexibility index (Phi) is 5.42. The molecule has 0 radical (unpaired) electrons. The highest BCUT2D eigenvalue weighted by Gasteiger charge is 2.16. The first kappa shape index (κ1) is 20.3. The quantitative estimate of drug-likeness (QED) is 0.360. The van der Waals surface area contributed by atoms with Crippen molar-refractivity contribution in [3.63, 3.8) is 0 Å². The molecule has 2 heterocycles. The normalized spacial score (nSPS) is 11.4. The lowest BCUT2D eigenvalue weighted by atomic mass is 9.96. The van der Waals surface area contributed by atoms with E-state index in [-0.39, 0.29) is 0 Å². The number of pyridine rings is 2. The molecule has 0 spiro atoms. The summed E-state index contributed by atoms with van der Waals surface area (Å²) >= 11 is 0. The molecule has 0 aliphatic heterocycles. The summed E-state index contributed by atoms with van der Waals surface area (Å²) in [6, 6.07) is 17.9. The van der Waals surface area contributed by atoms with Gasteiger partial charge < -0.3 is 0 Å². The molecule has 2 aromatic carbocycles. The molecule has 152 valence electrons. The monoisotopic (exact) mass is 395 g/mol. The highest BCUT2D eigenvalue weighted by Crippen LogP contribution is 2.29. The first-order valence-corrected chi connectivity index (χ1v) is 10.8. The summed E-state index contributed by atoms with van der Waals surface area (Å²) in [6.45, 7) is 11.0. The molecule has 0 N–H and O–H groups in total. The zero-order chi connectivity index (χ0) is 21.4. The van der Waals surface area contributed by atoms with Crippen molar-refractivity contribution in [2.45, 2.75) is 41.0 Å². The van der Waals surface area contributed by atoms with E-state index < -0.39 is 0 Å². The second kappa shape index (κ2) is 8.02. The fraction of sp³-hybridized carbons (Fsp3) is 0.286. The van der Waals surface area contributed by atoms with E-state index in [4.69, 9.17) is 0 Å². The van der Waals surface area contributed by atoms with Crippen LogP contribution in [0.5, 0.6) is 0 Å². The minimum Gasteiger partial charge on any atom is -0.261 e. The Morgan fingerprint density at radius 1 is 0.867 bits per heavy atom. The number of fused-ring (bicyclic) bond motifs is 1. The summed E-state index contributed by atoms with van der Waals surface area (Å²) in [5, 5.41) is 2.50. The number of aryl methyl sites for hydroxylation is 3. The number of benzene rings is 2. The number of rotatable bonds is 4. The van der Waals surface area contributed by atoms with Crippen LogP contribution in [0.1, 0.15) is 36.2 Å². The molecule has 0 bridgehead atoms. The molecule has 0 amide bonds. The topological polar surface area (TPSA) is 16.8 Å². The molecule has 4 aromatic rings. The van der Waals surface area contributed by atoms with E-state index in [2.05, 4.69) is 106 Å². The van der Waals surface area contributed by atoms with Crippen molar-refractivity contribution in [2.24, 2.45) is 13.0 Å². The second-order valence-corrected chi connectivity index (χ2v) is 9.00. The summed E-state index contributed by atoms with van der Waals surface area (Å²) in [4.78, 5) is 4.67. The molecule has 4 rings (SSSR count). The molecule has 30 heavy (non-hydrogen) atoms. The van der Waals surface area contributed by atoms with Gasteiger partial charge in [-0.05, 0) is 73.4 Å². The van der Waals surface area contributed by atoms with Crippen LogP contribution in [0.25, 0.3) is 33.2 Å². The number of nitrogens with zero attached hydrogens (tertiary/aromatic N) is 2. The predicted octanol–water partition coefficient (Wildman–Crippen LogP) is 6.52. The van der Waals surface area contributed by atoms with E-state index in [9.17, 15) is 0 Å². The van der Waals surface area contributed by atoms with Gasteiger partial charge in [-0.2, -0.15) is 0 Å². The van der Waals surface area contributed by atoms with Crippen LogP contribution in [-0.2, 0) is 13.5 Å². The number of hydrogen-bond acceptors (Lipinski definition) is 1. The standard InChI is InChI=1S/C28H31N2/c1-18(2)11-26-10-9-24(16-29-26)22-7-8-23-15-28(30(6)17-25(23)14-22)27-13-19(3)12-20(4)21(27)5/h7-10,12-18H,11H2,1-6H3/q+1. The lowest BCUT2D eigenvalue weighted by molar-refractivity contribution is -0.659. The van der Waals surface area contributed by atoms with Gasteiger partial charge in [0.1, 0.15) is 7.05 Å². The van der Waals surface area contributed by atoms with Crippen LogP contribution in [0.3, 0.4) is 0 Å². The molecular weight excluding hydrogens is 364 g/mol. The average molecular weight is 396 g/mol. The molecule has 0 unspecified atom stereocenters. The smallest absolute Gasteiger partial charge is 0.213 e. The Bertz CT molecular complexity index is 1220. The maximum Gasteiger partial charge on any atom is 0.213 e. The maximum atomic E-state index is 4.67. The van der Waals surface area contributed by atoms with E-state index in [1.807, 2.05) is 6.20 Å². The van der Waals surface area contributed by atoms with Crippen molar-refractivity contribution in [1.29, 1.82) is 0 Å². The highest BCUT2D eigenvalue weighted by molar-refractivity contribution is 5.88. The Balaban J connectivity index is 1.74. The van der Waals surface area contributed by atoms with Gasteiger partial charge >= 0.3 is 0 Å². The van der Waals surface area contributed by atoms with Crippen molar-refractivity contribution < 1.29 is 4.57 Å². The van der Waals surface area contributed by atoms with E-state index in [0.717, 1.165) is 12.1 Å². The Labute approximate surface area is 180 Å². The summed E-state index contributed by atoms with van der Waals surface area (Å²) in [6.07, 6.45) is 5.27. The highest BCUT2D eigenvalue weighted by atomic mass is 14.9. The van der Waals surface area contributed by atoms with Gasteiger partial charge in [-0.15, -0.1) is 0 Å². The average Bonchev–Trinajstić information content (AvgIpc) is 2.70. The van der Waals surface area contributed by atoms with Gasteiger partial charge in [0, 0.05) is 34.5 Å². The minimum atomic E-state index is 0.624. The molecule has 0 fully saturated rings. The third-order valence-electron chi connectivity index (χ3n) is 5.95. The van der Waals surface area contributed by atoms with E-state index in [1.165, 1.54) is 49.8 Å². The van der Waals surface area contributed by atoms with E-state index >= 15 is 0 Å². The van der Waals surface area contributed by atoms with Crippen LogP contribution in [-0.4, -0.2) is 4.98 Å². The Morgan fingerprint density at radius 3 is 2.33 bits per heavy atom. The largest absolute Gasteiger partial charge is 0.261 e. The maximum absolute atomic E-state index is 4.67.